The average molecular weight is 262 g/mol. The molecule has 0 fully saturated rings. The molecule has 1 rings (SSSR count). The molecule has 19 heavy (non-hydrogen) atoms. The quantitative estimate of drug-likeness (QED) is 0.601. The number of amides is 1. The minimum atomic E-state index is -0.367. The molecule has 0 aliphatic carbocycles. The third-order valence-electron chi connectivity index (χ3n) is 2.23. The number of benzene rings is 1. The van der Waals surface area contributed by atoms with Crippen molar-refractivity contribution in [3.63, 3.8) is 0 Å². The zero-order valence-corrected chi connectivity index (χ0v) is 11.1. The van der Waals surface area contributed by atoms with Crippen LogP contribution in [0.15, 0.2) is 30.3 Å². The fourth-order valence-electron chi connectivity index (χ4n) is 1.40. The molecule has 5 heteroatoms. The van der Waals surface area contributed by atoms with Gasteiger partial charge in [0.1, 0.15) is 0 Å². The van der Waals surface area contributed by atoms with Crippen LogP contribution in [0.2, 0.25) is 0 Å². The van der Waals surface area contributed by atoms with Gasteiger partial charge < -0.3 is 15.4 Å². The Labute approximate surface area is 112 Å². The Morgan fingerprint density at radius 2 is 1.95 bits per heavy atom. The van der Waals surface area contributed by atoms with Crippen LogP contribution in [-0.4, -0.2) is 32.1 Å². The van der Waals surface area contributed by atoms with E-state index in [9.17, 15) is 9.59 Å². The van der Waals surface area contributed by atoms with E-state index in [2.05, 4.69) is 10.6 Å². The van der Waals surface area contributed by atoms with Gasteiger partial charge in [-0.15, -0.1) is 0 Å². The Kier molecular flexibility index (Phi) is 6.32. The highest BCUT2D eigenvalue weighted by molar-refractivity contribution is 5.92. The van der Waals surface area contributed by atoms with E-state index in [-0.39, 0.29) is 18.4 Å². The number of likely N-dealkylation sites (N-methyl/N-ethyl adjacent to an activating group) is 1. The Bertz CT molecular complexity index is 452. The molecule has 0 bridgehead atoms. The van der Waals surface area contributed by atoms with Crippen molar-refractivity contribution in [3.8, 4) is 0 Å². The lowest BCUT2D eigenvalue weighted by molar-refractivity contribution is -0.137. The minimum Gasteiger partial charge on any atom is -0.463 e. The van der Waals surface area contributed by atoms with Crippen molar-refractivity contribution in [1.29, 1.82) is 0 Å². The van der Waals surface area contributed by atoms with Gasteiger partial charge in [0.15, 0.2) is 0 Å². The molecule has 1 aromatic rings. The van der Waals surface area contributed by atoms with Gasteiger partial charge in [-0.2, -0.15) is 0 Å². The molecular formula is C14H18N2O3. The molecule has 1 amide bonds. The highest BCUT2D eigenvalue weighted by Gasteiger charge is 2.00. The van der Waals surface area contributed by atoms with Crippen molar-refractivity contribution in [2.45, 2.75) is 6.92 Å². The van der Waals surface area contributed by atoms with Crippen molar-refractivity contribution in [3.05, 3.63) is 35.9 Å². The van der Waals surface area contributed by atoms with Crippen LogP contribution in [0, 0.1) is 0 Å². The Balaban J connectivity index is 2.56. The highest BCUT2D eigenvalue weighted by Crippen LogP contribution is 2.10. The second-order valence-corrected chi connectivity index (χ2v) is 3.79. The summed E-state index contributed by atoms with van der Waals surface area (Å²) in [5, 5.41) is 5.51. The van der Waals surface area contributed by atoms with E-state index in [1.807, 2.05) is 12.1 Å². The number of rotatable bonds is 6. The Hall–Kier alpha value is -2.14. The SMILES string of the molecule is CCOC(=O)/C=C/c1ccc(NC(=O)CNC)cc1. The van der Waals surface area contributed by atoms with Crippen molar-refractivity contribution < 1.29 is 14.3 Å². The molecule has 0 saturated heterocycles. The number of anilines is 1. The second kappa shape index (κ2) is 8.05. The van der Waals surface area contributed by atoms with E-state index >= 15 is 0 Å². The molecule has 1 aromatic carbocycles. The number of ether oxygens (including phenoxy) is 1. The van der Waals surface area contributed by atoms with Gasteiger partial charge in [-0.05, 0) is 37.7 Å². The molecule has 102 valence electrons. The molecule has 0 unspecified atom stereocenters. The topological polar surface area (TPSA) is 67.4 Å². The number of nitrogens with one attached hydrogen (secondary N) is 2. The van der Waals surface area contributed by atoms with Gasteiger partial charge in [-0.25, -0.2) is 4.79 Å². The maximum absolute atomic E-state index is 11.3. The van der Waals surface area contributed by atoms with Gasteiger partial charge in [0.2, 0.25) is 5.91 Å². The van der Waals surface area contributed by atoms with Crippen molar-refractivity contribution in [1.82, 2.24) is 5.32 Å². The maximum atomic E-state index is 11.3. The number of hydrogen-bond acceptors (Lipinski definition) is 4. The standard InChI is InChI=1S/C14H18N2O3/c1-3-19-14(18)9-6-11-4-7-12(8-5-11)16-13(17)10-15-2/h4-9,15H,3,10H2,1-2H3,(H,16,17)/b9-6+. The van der Waals surface area contributed by atoms with Crippen LogP contribution in [0.5, 0.6) is 0 Å². The normalized spacial score (nSPS) is 10.4. The summed E-state index contributed by atoms with van der Waals surface area (Å²) in [6.45, 7) is 2.39. The average Bonchev–Trinajstić information content (AvgIpc) is 2.38. The van der Waals surface area contributed by atoms with Crippen LogP contribution >= 0.6 is 0 Å². The smallest absolute Gasteiger partial charge is 0.330 e. The van der Waals surface area contributed by atoms with Gasteiger partial charge in [-0.1, -0.05) is 12.1 Å². The van der Waals surface area contributed by atoms with Crippen molar-refractivity contribution in [2.24, 2.45) is 0 Å². The molecule has 0 aliphatic heterocycles. The second-order valence-electron chi connectivity index (χ2n) is 3.79. The van der Waals surface area contributed by atoms with Crippen LogP contribution in [0.25, 0.3) is 6.08 Å². The van der Waals surface area contributed by atoms with Gasteiger partial charge >= 0.3 is 5.97 Å². The minimum absolute atomic E-state index is 0.0997. The zero-order chi connectivity index (χ0) is 14.1. The molecule has 0 radical (unpaired) electrons. The highest BCUT2D eigenvalue weighted by atomic mass is 16.5. The van der Waals surface area contributed by atoms with Crippen LogP contribution < -0.4 is 10.6 Å². The lowest BCUT2D eigenvalue weighted by Crippen LogP contribution is -2.24. The first-order chi connectivity index (χ1) is 9.15. The molecule has 0 aliphatic rings. The Morgan fingerprint density at radius 3 is 2.53 bits per heavy atom. The maximum Gasteiger partial charge on any atom is 0.330 e. The van der Waals surface area contributed by atoms with Gasteiger partial charge in [-0.3, -0.25) is 4.79 Å². The van der Waals surface area contributed by atoms with Crippen LogP contribution in [-0.2, 0) is 14.3 Å². The predicted molar refractivity (Wildman–Crippen MR) is 74.7 cm³/mol. The first-order valence-electron chi connectivity index (χ1n) is 6.05. The molecule has 0 atom stereocenters. The van der Waals surface area contributed by atoms with Crippen LogP contribution in [0.1, 0.15) is 12.5 Å². The molecule has 5 nitrogen and oxygen atoms in total. The summed E-state index contributed by atoms with van der Waals surface area (Å²) in [7, 11) is 1.71. The number of carbonyl (C=O) groups is 2. The third-order valence-corrected chi connectivity index (χ3v) is 2.23. The fourth-order valence-corrected chi connectivity index (χ4v) is 1.40. The van der Waals surface area contributed by atoms with Crippen LogP contribution in [0.4, 0.5) is 5.69 Å². The lowest BCUT2D eigenvalue weighted by Gasteiger charge is -2.04. The van der Waals surface area contributed by atoms with Crippen LogP contribution in [0.3, 0.4) is 0 Å². The summed E-state index contributed by atoms with van der Waals surface area (Å²) in [6, 6.07) is 7.17. The van der Waals surface area contributed by atoms with E-state index in [0.717, 1.165) is 5.56 Å². The molecule has 0 spiro atoms. The summed E-state index contributed by atoms with van der Waals surface area (Å²) in [4.78, 5) is 22.5. The molecular weight excluding hydrogens is 244 g/mol. The molecule has 2 N–H and O–H groups in total. The lowest BCUT2D eigenvalue weighted by atomic mass is 10.2. The van der Waals surface area contributed by atoms with E-state index < -0.39 is 0 Å². The van der Waals surface area contributed by atoms with Gasteiger partial charge in [0, 0.05) is 11.8 Å². The number of hydrogen-bond donors (Lipinski definition) is 2. The summed E-state index contributed by atoms with van der Waals surface area (Å²) >= 11 is 0. The van der Waals surface area contributed by atoms with E-state index in [1.165, 1.54) is 6.08 Å². The summed E-state index contributed by atoms with van der Waals surface area (Å²) in [6.07, 6.45) is 3.04. The molecule has 0 aromatic heterocycles. The summed E-state index contributed by atoms with van der Waals surface area (Å²) in [5.41, 5.74) is 1.58. The van der Waals surface area contributed by atoms with Gasteiger partial charge in [0.05, 0.1) is 13.2 Å². The number of carbonyl (C=O) groups excluding carboxylic acids is 2. The first-order valence-corrected chi connectivity index (χ1v) is 6.05. The van der Waals surface area contributed by atoms with Crippen molar-refractivity contribution >= 4 is 23.6 Å². The summed E-state index contributed by atoms with van der Waals surface area (Å²) < 4.78 is 4.78. The van der Waals surface area contributed by atoms with E-state index in [4.69, 9.17) is 4.74 Å². The predicted octanol–water partition coefficient (Wildman–Crippen LogP) is 1.42. The largest absolute Gasteiger partial charge is 0.463 e. The summed E-state index contributed by atoms with van der Waals surface area (Å²) in [5.74, 6) is -0.466. The molecule has 0 saturated carbocycles. The zero-order valence-electron chi connectivity index (χ0n) is 11.1. The fraction of sp³-hybridized carbons (Fsp3) is 0.286. The van der Waals surface area contributed by atoms with E-state index in [1.54, 1.807) is 32.2 Å². The first kappa shape index (κ1) is 14.9. The molecule has 0 heterocycles. The number of esters is 1. The van der Waals surface area contributed by atoms with E-state index in [0.29, 0.717) is 12.3 Å². The van der Waals surface area contributed by atoms with Crippen molar-refractivity contribution in [2.75, 3.05) is 25.5 Å². The Morgan fingerprint density at radius 1 is 1.26 bits per heavy atom. The van der Waals surface area contributed by atoms with Gasteiger partial charge in [0.25, 0.3) is 0 Å². The third kappa shape index (κ3) is 5.83. The monoisotopic (exact) mass is 262 g/mol.